The summed E-state index contributed by atoms with van der Waals surface area (Å²) in [6, 6.07) is 0. The summed E-state index contributed by atoms with van der Waals surface area (Å²) in [5, 5.41) is 0. The van der Waals surface area contributed by atoms with Crippen molar-refractivity contribution in [3.05, 3.63) is 0 Å². The Labute approximate surface area is 63.7 Å². The monoisotopic (exact) mass is 167 g/mol. The number of hydrogen-bond donors (Lipinski definition) is 1. The molecule has 3 nitrogen and oxygen atoms in total. The normalized spacial score (nSPS) is 11.3. The molecule has 0 atom stereocenters. The summed E-state index contributed by atoms with van der Waals surface area (Å²) in [4.78, 5) is 14.9. The standard InChI is InChI=1S/C6H11F2NO2/c1-3-11-9-5(10)4-6(2,7)8/h3-4H2,1-2H3,(H,9,10). The van der Waals surface area contributed by atoms with Gasteiger partial charge in [-0.25, -0.2) is 14.3 Å². The van der Waals surface area contributed by atoms with E-state index in [9.17, 15) is 13.6 Å². The predicted molar refractivity (Wildman–Crippen MR) is 35.0 cm³/mol. The van der Waals surface area contributed by atoms with Gasteiger partial charge in [0.2, 0.25) is 5.91 Å². The lowest BCUT2D eigenvalue weighted by Crippen LogP contribution is -2.29. The molecule has 0 aliphatic heterocycles. The van der Waals surface area contributed by atoms with Gasteiger partial charge in [0, 0.05) is 0 Å². The molecule has 5 heteroatoms. The van der Waals surface area contributed by atoms with Gasteiger partial charge < -0.3 is 0 Å². The second kappa shape index (κ2) is 4.23. The molecule has 0 aliphatic carbocycles. The summed E-state index contributed by atoms with van der Waals surface area (Å²) in [7, 11) is 0. The van der Waals surface area contributed by atoms with Crippen LogP contribution in [0.1, 0.15) is 20.3 Å². The van der Waals surface area contributed by atoms with Crippen LogP contribution in [-0.2, 0) is 9.63 Å². The highest BCUT2D eigenvalue weighted by Crippen LogP contribution is 2.15. The number of hydrogen-bond acceptors (Lipinski definition) is 2. The van der Waals surface area contributed by atoms with Crippen LogP contribution >= 0.6 is 0 Å². The maximum absolute atomic E-state index is 12.1. The highest BCUT2D eigenvalue weighted by molar-refractivity contribution is 5.75. The maximum atomic E-state index is 12.1. The number of alkyl halides is 2. The Bertz CT molecular complexity index is 133. The van der Waals surface area contributed by atoms with Crippen LogP contribution in [0.15, 0.2) is 0 Å². The van der Waals surface area contributed by atoms with Crippen LogP contribution in [0.4, 0.5) is 8.78 Å². The first-order valence-corrected chi connectivity index (χ1v) is 3.24. The number of carbonyl (C=O) groups is 1. The molecule has 0 rings (SSSR count). The lowest BCUT2D eigenvalue weighted by atomic mass is 10.3. The van der Waals surface area contributed by atoms with E-state index in [-0.39, 0.29) is 6.61 Å². The van der Waals surface area contributed by atoms with Crippen LogP contribution in [0, 0.1) is 0 Å². The van der Waals surface area contributed by atoms with Crippen molar-refractivity contribution in [1.29, 1.82) is 0 Å². The zero-order valence-corrected chi connectivity index (χ0v) is 6.49. The van der Waals surface area contributed by atoms with Gasteiger partial charge in [-0.15, -0.1) is 0 Å². The summed E-state index contributed by atoms with van der Waals surface area (Å²) in [5.74, 6) is -3.78. The Morgan fingerprint density at radius 2 is 2.18 bits per heavy atom. The van der Waals surface area contributed by atoms with Gasteiger partial charge in [0.25, 0.3) is 5.92 Å². The number of amides is 1. The summed E-state index contributed by atoms with van der Waals surface area (Å²) in [6.07, 6.45) is -0.840. The minimum absolute atomic E-state index is 0.265. The topological polar surface area (TPSA) is 38.3 Å². The molecule has 0 aliphatic rings. The van der Waals surface area contributed by atoms with Crippen LogP contribution < -0.4 is 5.48 Å². The fraction of sp³-hybridized carbons (Fsp3) is 0.833. The number of rotatable bonds is 4. The quantitative estimate of drug-likeness (QED) is 0.636. The molecular formula is C6H11F2NO2. The lowest BCUT2D eigenvalue weighted by molar-refractivity contribution is -0.139. The van der Waals surface area contributed by atoms with E-state index in [1.54, 1.807) is 6.92 Å². The van der Waals surface area contributed by atoms with E-state index in [2.05, 4.69) is 4.84 Å². The molecule has 0 heterocycles. The fourth-order valence-electron chi connectivity index (χ4n) is 0.471. The smallest absolute Gasteiger partial charge is 0.254 e. The van der Waals surface area contributed by atoms with E-state index >= 15 is 0 Å². The van der Waals surface area contributed by atoms with Crippen LogP contribution in [0.2, 0.25) is 0 Å². The third-order valence-electron chi connectivity index (χ3n) is 0.801. The maximum Gasteiger partial charge on any atom is 0.254 e. The first kappa shape index (κ1) is 10.3. The molecule has 0 saturated heterocycles. The minimum Gasteiger partial charge on any atom is -0.274 e. The van der Waals surface area contributed by atoms with Crippen molar-refractivity contribution in [2.24, 2.45) is 0 Å². The average molecular weight is 167 g/mol. The summed E-state index contributed by atoms with van der Waals surface area (Å²) < 4.78 is 24.2. The molecule has 0 bridgehead atoms. The predicted octanol–water partition coefficient (Wildman–Crippen LogP) is 1.10. The second-order valence-corrected chi connectivity index (χ2v) is 2.21. The highest BCUT2D eigenvalue weighted by atomic mass is 19.3. The van der Waals surface area contributed by atoms with Gasteiger partial charge in [-0.05, 0) is 13.8 Å². The number of nitrogens with one attached hydrogen (secondary N) is 1. The van der Waals surface area contributed by atoms with Crippen molar-refractivity contribution in [3.63, 3.8) is 0 Å². The van der Waals surface area contributed by atoms with E-state index in [4.69, 9.17) is 0 Å². The minimum atomic E-state index is -2.97. The Morgan fingerprint density at radius 3 is 2.55 bits per heavy atom. The first-order valence-electron chi connectivity index (χ1n) is 3.24. The Hall–Kier alpha value is -0.710. The van der Waals surface area contributed by atoms with Crippen molar-refractivity contribution in [3.8, 4) is 0 Å². The lowest BCUT2D eigenvalue weighted by Gasteiger charge is -2.08. The Morgan fingerprint density at radius 1 is 1.64 bits per heavy atom. The molecule has 0 radical (unpaired) electrons. The molecule has 0 fully saturated rings. The molecule has 0 unspecified atom stereocenters. The number of hydroxylamine groups is 1. The van der Waals surface area contributed by atoms with Crippen LogP contribution in [0.5, 0.6) is 0 Å². The van der Waals surface area contributed by atoms with Crippen LogP contribution in [-0.4, -0.2) is 18.4 Å². The van der Waals surface area contributed by atoms with Crippen LogP contribution in [0.3, 0.4) is 0 Å². The molecular weight excluding hydrogens is 156 g/mol. The van der Waals surface area contributed by atoms with Crippen molar-refractivity contribution in [2.45, 2.75) is 26.2 Å². The molecule has 0 spiro atoms. The summed E-state index contributed by atoms with van der Waals surface area (Å²) in [6.45, 7) is 2.59. The first-order chi connectivity index (χ1) is 4.95. The van der Waals surface area contributed by atoms with Crippen molar-refractivity contribution >= 4 is 5.91 Å². The molecule has 1 N–H and O–H groups in total. The SMILES string of the molecule is CCONC(=O)CC(C)(F)F. The van der Waals surface area contributed by atoms with Crippen molar-refractivity contribution in [2.75, 3.05) is 6.61 Å². The molecule has 66 valence electrons. The fourth-order valence-corrected chi connectivity index (χ4v) is 0.471. The molecule has 0 aromatic rings. The zero-order chi connectivity index (χ0) is 8.91. The second-order valence-electron chi connectivity index (χ2n) is 2.21. The zero-order valence-electron chi connectivity index (χ0n) is 6.49. The largest absolute Gasteiger partial charge is 0.274 e. The van der Waals surface area contributed by atoms with Gasteiger partial charge in [0.1, 0.15) is 0 Å². The van der Waals surface area contributed by atoms with E-state index in [1.165, 1.54) is 0 Å². The van der Waals surface area contributed by atoms with Crippen molar-refractivity contribution < 1.29 is 18.4 Å². The van der Waals surface area contributed by atoms with E-state index < -0.39 is 18.3 Å². The van der Waals surface area contributed by atoms with Gasteiger partial charge in [0.05, 0.1) is 13.0 Å². The van der Waals surface area contributed by atoms with E-state index in [1.807, 2.05) is 5.48 Å². The third-order valence-corrected chi connectivity index (χ3v) is 0.801. The van der Waals surface area contributed by atoms with Gasteiger partial charge in [-0.2, -0.15) is 0 Å². The van der Waals surface area contributed by atoms with E-state index in [0.717, 1.165) is 0 Å². The highest BCUT2D eigenvalue weighted by Gasteiger charge is 2.25. The van der Waals surface area contributed by atoms with Crippen molar-refractivity contribution in [1.82, 2.24) is 5.48 Å². The molecule has 11 heavy (non-hydrogen) atoms. The van der Waals surface area contributed by atoms with Crippen LogP contribution in [0.25, 0.3) is 0 Å². The Kier molecular flexibility index (Phi) is 3.95. The summed E-state index contributed by atoms with van der Waals surface area (Å²) in [5.41, 5.74) is 1.87. The van der Waals surface area contributed by atoms with Gasteiger partial charge >= 0.3 is 0 Å². The molecule has 1 amide bonds. The van der Waals surface area contributed by atoms with E-state index in [0.29, 0.717) is 6.92 Å². The third kappa shape index (κ3) is 7.18. The Balaban J connectivity index is 3.53. The van der Waals surface area contributed by atoms with Gasteiger partial charge in [-0.3, -0.25) is 9.63 Å². The van der Waals surface area contributed by atoms with Gasteiger partial charge in [0.15, 0.2) is 0 Å². The number of halogens is 2. The van der Waals surface area contributed by atoms with Gasteiger partial charge in [-0.1, -0.05) is 0 Å². The molecule has 0 saturated carbocycles. The summed E-state index contributed by atoms with van der Waals surface area (Å²) >= 11 is 0. The molecule has 0 aromatic heterocycles. The molecule has 0 aromatic carbocycles. The number of carbonyl (C=O) groups excluding carboxylic acids is 1. The average Bonchev–Trinajstić information content (AvgIpc) is 1.79.